The summed E-state index contributed by atoms with van der Waals surface area (Å²) >= 11 is 0. The van der Waals surface area contributed by atoms with E-state index in [0.29, 0.717) is 0 Å². The second-order valence-corrected chi connectivity index (χ2v) is 3.36. The van der Waals surface area contributed by atoms with E-state index < -0.39 is 11.4 Å². The standard InChI is InChI=1S/C11H10FN3O3/c1-17-9-10(16)14-5-15-11(9)18-8-3-2-6(13)4-7(8)12/h2-5H,13H2,1H3,(H,14,15,16). The topological polar surface area (TPSA) is 90.2 Å². The predicted octanol–water partition coefficient (Wildman–Crippen LogP) is 1.29. The van der Waals surface area contributed by atoms with Gasteiger partial charge in [-0.25, -0.2) is 9.37 Å². The van der Waals surface area contributed by atoms with Crippen LogP contribution in [-0.4, -0.2) is 17.1 Å². The Morgan fingerprint density at radius 1 is 1.44 bits per heavy atom. The molecule has 0 aliphatic carbocycles. The average molecular weight is 251 g/mol. The van der Waals surface area contributed by atoms with E-state index in [1.807, 2.05) is 0 Å². The lowest BCUT2D eigenvalue weighted by molar-refractivity contribution is 0.355. The van der Waals surface area contributed by atoms with E-state index >= 15 is 0 Å². The minimum absolute atomic E-state index is 0.0967. The molecule has 6 nitrogen and oxygen atoms in total. The number of ether oxygens (including phenoxy) is 2. The van der Waals surface area contributed by atoms with Gasteiger partial charge in [0.1, 0.15) is 0 Å². The lowest BCUT2D eigenvalue weighted by atomic mass is 10.3. The molecule has 1 aromatic heterocycles. The van der Waals surface area contributed by atoms with E-state index in [1.54, 1.807) is 0 Å². The normalized spacial score (nSPS) is 10.1. The van der Waals surface area contributed by atoms with E-state index in [1.165, 1.54) is 19.2 Å². The Bertz CT molecular complexity index is 627. The number of nitrogens with one attached hydrogen (secondary N) is 1. The van der Waals surface area contributed by atoms with Crippen LogP contribution in [0, 0.1) is 5.82 Å². The molecule has 1 aromatic carbocycles. The fourth-order valence-corrected chi connectivity index (χ4v) is 1.33. The number of aromatic amines is 1. The van der Waals surface area contributed by atoms with Gasteiger partial charge in [0.2, 0.25) is 5.75 Å². The molecule has 2 aromatic rings. The number of rotatable bonds is 3. The van der Waals surface area contributed by atoms with Crippen LogP contribution in [-0.2, 0) is 0 Å². The van der Waals surface area contributed by atoms with Crippen LogP contribution in [0.4, 0.5) is 10.1 Å². The van der Waals surface area contributed by atoms with Crippen LogP contribution in [0.5, 0.6) is 17.4 Å². The SMILES string of the molecule is COc1c(Oc2ccc(N)cc2F)nc[nH]c1=O. The van der Waals surface area contributed by atoms with E-state index in [0.717, 1.165) is 12.4 Å². The first kappa shape index (κ1) is 11.9. The Morgan fingerprint density at radius 2 is 2.22 bits per heavy atom. The monoisotopic (exact) mass is 251 g/mol. The first-order chi connectivity index (χ1) is 8.61. The van der Waals surface area contributed by atoms with Gasteiger partial charge < -0.3 is 20.2 Å². The molecule has 7 heteroatoms. The van der Waals surface area contributed by atoms with Crippen LogP contribution in [0.15, 0.2) is 29.3 Å². The van der Waals surface area contributed by atoms with Crippen LogP contribution in [0.3, 0.4) is 0 Å². The van der Waals surface area contributed by atoms with E-state index in [-0.39, 0.29) is 23.1 Å². The first-order valence-electron chi connectivity index (χ1n) is 4.96. The zero-order valence-corrected chi connectivity index (χ0v) is 9.44. The lowest BCUT2D eigenvalue weighted by Crippen LogP contribution is -2.11. The van der Waals surface area contributed by atoms with Crippen LogP contribution in [0.25, 0.3) is 0 Å². The molecular weight excluding hydrogens is 241 g/mol. The van der Waals surface area contributed by atoms with Crippen molar-refractivity contribution in [3.8, 4) is 17.4 Å². The summed E-state index contributed by atoms with van der Waals surface area (Å²) in [5.74, 6) is -1.00. The Kier molecular flexibility index (Phi) is 3.13. The van der Waals surface area contributed by atoms with Gasteiger partial charge in [0.05, 0.1) is 13.4 Å². The maximum atomic E-state index is 13.5. The highest BCUT2D eigenvalue weighted by molar-refractivity contribution is 5.44. The van der Waals surface area contributed by atoms with Gasteiger partial charge in [-0.05, 0) is 12.1 Å². The van der Waals surface area contributed by atoms with Crippen molar-refractivity contribution in [3.05, 3.63) is 40.7 Å². The number of nitrogen functional groups attached to an aromatic ring is 1. The van der Waals surface area contributed by atoms with Gasteiger partial charge in [-0.2, -0.15) is 0 Å². The Balaban J connectivity index is 2.40. The number of aromatic nitrogens is 2. The zero-order valence-electron chi connectivity index (χ0n) is 9.44. The molecule has 0 saturated carbocycles. The van der Waals surface area contributed by atoms with Crippen LogP contribution in [0.1, 0.15) is 0 Å². The third kappa shape index (κ3) is 2.24. The maximum Gasteiger partial charge on any atom is 0.297 e. The summed E-state index contributed by atoms with van der Waals surface area (Å²) in [6, 6.07) is 3.92. The second kappa shape index (κ2) is 4.74. The smallest absolute Gasteiger partial charge is 0.297 e. The molecule has 0 radical (unpaired) electrons. The van der Waals surface area contributed by atoms with E-state index in [2.05, 4.69) is 9.97 Å². The minimum Gasteiger partial charge on any atom is -0.487 e. The fourth-order valence-electron chi connectivity index (χ4n) is 1.33. The molecule has 0 amide bonds. The predicted molar refractivity (Wildman–Crippen MR) is 62.3 cm³/mol. The summed E-state index contributed by atoms with van der Waals surface area (Å²) in [5.41, 5.74) is 5.16. The van der Waals surface area contributed by atoms with Crippen molar-refractivity contribution >= 4 is 5.69 Å². The number of benzene rings is 1. The Hall–Kier alpha value is -2.57. The van der Waals surface area contributed by atoms with Crippen molar-refractivity contribution in [2.45, 2.75) is 0 Å². The highest BCUT2D eigenvalue weighted by atomic mass is 19.1. The molecule has 1 heterocycles. The summed E-state index contributed by atoms with van der Waals surface area (Å²) in [6.45, 7) is 0. The highest BCUT2D eigenvalue weighted by Gasteiger charge is 2.13. The molecule has 0 fully saturated rings. The summed E-state index contributed by atoms with van der Waals surface area (Å²) in [5, 5.41) is 0. The quantitative estimate of drug-likeness (QED) is 0.802. The number of hydrogen-bond donors (Lipinski definition) is 2. The van der Waals surface area contributed by atoms with Crippen molar-refractivity contribution in [2.24, 2.45) is 0 Å². The molecule has 0 aliphatic heterocycles. The number of nitrogens with two attached hydrogens (primary N) is 1. The fraction of sp³-hybridized carbons (Fsp3) is 0.0909. The number of nitrogens with zero attached hydrogens (tertiary/aromatic N) is 1. The van der Waals surface area contributed by atoms with Gasteiger partial charge in [0.25, 0.3) is 11.4 Å². The number of halogens is 1. The Labute approximate surface area is 101 Å². The van der Waals surface area contributed by atoms with Crippen molar-refractivity contribution < 1.29 is 13.9 Å². The second-order valence-electron chi connectivity index (χ2n) is 3.36. The van der Waals surface area contributed by atoms with Gasteiger partial charge in [-0.3, -0.25) is 4.79 Å². The van der Waals surface area contributed by atoms with Gasteiger partial charge >= 0.3 is 0 Å². The van der Waals surface area contributed by atoms with Gasteiger partial charge in [0, 0.05) is 11.8 Å². The molecule has 3 N–H and O–H groups in total. The van der Waals surface area contributed by atoms with Gasteiger partial charge in [0.15, 0.2) is 11.6 Å². The number of H-pyrrole nitrogens is 1. The van der Waals surface area contributed by atoms with Gasteiger partial charge in [-0.15, -0.1) is 0 Å². The van der Waals surface area contributed by atoms with Crippen LogP contribution < -0.4 is 20.8 Å². The minimum atomic E-state index is -0.654. The average Bonchev–Trinajstić information content (AvgIpc) is 2.33. The molecule has 0 bridgehead atoms. The molecule has 18 heavy (non-hydrogen) atoms. The zero-order chi connectivity index (χ0) is 13.1. The van der Waals surface area contributed by atoms with E-state index in [4.69, 9.17) is 15.2 Å². The maximum absolute atomic E-state index is 13.5. The number of anilines is 1. The van der Waals surface area contributed by atoms with Crippen LogP contribution >= 0.6 is 0 Å². The van der Waals surface area contributed by atoms with Crippen molar-refractivity contribution in [1.82, 2.24) is 9.97 Å². The first-order valence-corrected chi connectivity index (χ1v) is 4.96. The van der Waals surface area contributed by atoms with Crippen LogP contribution in [0.2, 0.25) is 0 Å². The third-order valence-corrected chi connectivity index (χ3v) is 2.14. The Morgan fingerprint density at radius 3 is 2.89 bits per heavy atom. The van der Waals surface area contributed by atoms with Crippen molar-refractivity contribution in [2.75, 3.05) is 12.8 Å². The number of hydrogen-bond acceptors (Lipinski definition) is 5. The lowest BCUT2D eigenvalue weighted by Gasteiger charge is -2.08. The molecule has 0 saturated heterocycles. The summed E-state index contributed by atoms with van der Waals surface area (Å²) in [6.07, 6.45) is 1.13. The summed E-state index contributed by atoms with van der Waals surface area (Å²) < 4.78 is 23.5. The van der Waals surface area contributed by atoms with Gasteiger partial charge in [-0.1, -0.05) is 0 Å². The van der Waals surface area contributed by atoms with Crippen molar-refractivity contribution in [3.63, 3.8) is 0 Å². The summed E-state index contributed by atoms with van der Waals surface area (Å²) in [4.78, 5) is 17.5. The molecule has 0 aliphatic rings. The largest absolute Gasteiger partial charge is 0.487 e. The third-order valence-electron chi connectivity index (χ3n) is 2.14. The molecule has 0 spiro atoms. The summed E-state index contributed by atoms with van der Waals surface area (Å²) in [7, 11) is 1.29. The highest BCUT2D eigenvalue weighted by Crippen LogP contribution is 2.28. The van der Waals surface area contributed by atoms with Crippen molar-refractivity contribution in [1.29, 1.82) is 0 Å². The molecular formula is C11H10FN3O3. The molecule has 2 rings (SSSR count). The molecule has 94 valence electrons. The molecule has 0 unspecified atom stereocenters. The van der Waals surface area contributed by atoms with E-state index in [9.17, 15) is 9.18 Å². The number of methoxy groups -OCH3 is 1. The molecule has 0 atom stereocenters.